The molecule has 0 bridgehead atoms. The molecule has 1 N–H and O–H groups in total. The zero-order valence-corrected chi connectivity index (χ0v) is 6.52. The summed E-state index contributed by atoms with van der Waals surface area (Å²) in [5.41, 5.74) is 9.23. The van der Waals surface area contributed by atoms with Crippen molar-refractivity contribution in [3.8, 4) is 0 Å². The van der Waals surface area contributed by atoms with Crippen molar-refractivity contribution in [2.45, 2.75) is 0 Å². The Labute approximate surface area is 73.4 Å². The highest BCUT2D eigenvalue weighted by Gasteiger charge is 2.44. The van der Waals surface area contributed by atoms with Crippen molar-refractivity contribution in [3.63, 3.8) is 0 Å². The summed E-state index contributed by atoms with van der Waals surface area (Å²) in [6, 6.07) is 0. The lowest BCUT2D eigenvalue weighted by atomic mass is 9.94. The summed E-state index contributed by atoms with van der Waals surface area (Å²) < 4.78 is 0. The van der Waals surface area contributed by atoms with Crippen LogP contribution in [-0.2, 0) is 9.59 Å². The number of rotatable bonds is 0. The monoisotopic (exact) mass is 175 g/mol. The van der Waals surface area contributed by atoms with E-state index in [1.54, 1.807) is 12.2 Å². The van der Waals surface area contributed by atoms with Gasteiger partial charge in [-0.25, -0.2) is 0 Å². The Balaban J connectivity index is 2.53. The van der Waals surface area contributed by atoms with E-state index in [1.165, 1.54) is 6.08 Å². The molecular formula is C8H5N3O2. The summed E-state index contributed by atoms with van der Waals surface area (Å²) in [5.74, 6) is -1.97. The second-order valence-corrected chi connectivity index (χ2v) is 2.76. The summed E-state index contributed by atoms with van der Waals surface area (Å²) in [4.78, 5) is 25.1. The molecule has 1 amide bonds. The van der Waals surface area contributed by atoms with Crippen molar-refractivity contribution in [1.29, 1.82) is 0 Å². The number of hydrogen-bond donors (Lipinski definition) is 1. The molecule has 1 unspecified atom stereocenters. The van der Waals surface area contributed by atoms with Gasteiger partial charge in [-0.3, -0.25) is 9.59 Å². The van der Waals surface area contributed by atoms with Gasteiger partial charge in [-0.2, -0.15) is 4.79 Å². The molecule has 64 valence electrons. The number of nitrogens with zero attached hydrogens (tertiary/aromatic N) is 2. The first kappa shape index (κ1) is 7.64. The minimum atomic E-state index is -0.734. The van der Waals surface area contributed by atoms with Crippen molar-refractivity contribution >= 4 is 17.4 Å². The van der Waals surface area contributed by atoms with Gasteiger partial charge in [0, 0.05) is 11.8 Å². The second kappa shape index (κ2) is 2.50. The molecule has 0 spiro atoms. The van der Waals surface area contributed by atoms with Crippen LogP contribution in [0, 0.1) is 5.92 Å². The summed E-state index contributed by atoms with van der Waals surface area (Å²) in [5, 5.41) is 2.40. The Morgan fingerprint density at radius 3 is 2.92 bits per heavy atom. The molecule has 2 aliphatic rings. The standard InChI is InChI=1S/C8H5N3O2/c9-11-5-3-1-2-4-6(5)7(12)8(13)10-4/h1-3,6H,(H,10,13). The maximum absolute atomic E-state index is 11.2. The largest absolute Gasteiger partial charge is 0.361 e. The first-order valence-corrected chi connectivity index (χ1v) is 3.69. The molecule has 5 heteroatoms. The SMILES string of the molecule is [N-]=[N+]=C1C=CC=C2NC(=O)C(=O)C21. The zero-order valence-electron chi connectivity index (χ0n) is 6.52. The van der Waals surface area contributed by atoms with Crippen LogP contribution in [0.2, 0.25) is 0 Å². The van der Waals surface area contributed by atoms with Gasteiger partial charge in [-0.15, -0.1) is 0 Å². The van der Waals surface area contributed by atoms with Gasteiger partial charge in [0.05, 0.1) is 0 Å². The number of allylic oxidation sites excluding steroid dienone is 4. The van der Waals surface area contributed by atoms with E-state index >= 15 is 0 Å². The van der Waals surface area contributed by atoms with E-state index in [0.29, 0.717) is 5.70 Å². The molecule has 1 heterocycles. The Hall–Kier alpha value is -2.00. The fourth-order valence-electron chi connectivity index (χ4n) is 1.41. The highest BCUT2D eigenvalue weighted by Crippen LogP contribution is 2.21. The van der Waals surface area contributed by atoms with Crippen molar-refractivity contribution in [2.75, 3.05) is 0 Å². The fraction of sp³-hybridized carbons (Fsp3) is 0.125. The maximum Gasteiger partial charge on any atom is 0.308 e. The van der Waals surface area contributed by atoms with Crippen LogP contribution in [0.25, 0.3) is 5.53 Å². The maximum atomic E-state index is 11.2. The van der Waals surface area contributed by atoms with Crippen molar-refractivity contribution < 1.29 is 14.4 Å². The van der Waals surface area contributed by atoms with Gasteiger partial charge in [-0.05, 0) is 6.08 Å². The van der Waals surface area contributed by atoms with Gasteiger partial charge in [-0.1, -0.05) is 6.08 Å². The molecule has 0 saturated carbocycles. The summed E-state index contributed by atoms with van der Waals surface area (Å²) >= 11 is 0. The summed E-state index contributed by atoms with van der Waals surface area (Å²) in [6.07, 6.45) is 4.72. The van der Waals surface area contributed by atoms with E-state index in [0.717, 1.165) is 0 Å². The Morgan fingerprint density at radius 1 is 1.46 bits per heavy atom. The van der Waals surface area contributed by atoms with Gasteiger partial charge in [0.15, 0.2) is 5.92 Å². The minimum Gasteiger partial charge on any atom is -0.361 e. The van der Waals surface area contributed by atoms with E-state index in [4.69, 9.17) is 5.53 Å². The van der Waals surface area contributed by atoms with Crippen LogP contribution in [0.15, 0.2) is 23.9 Å². The van der Waals surface area contributed by atoms with Crippen LogP contribution in [0.4, 0.5) is 0 Å². The van der Waals surface area contributed by atoms with E-state index in [1.807, 2.05) is 0 Å². The highest BCUT2D eigenvalue weighted by molar-refractivity contribution is 6.45. The lowest BCUT2D eigenvalue weighted by Crippen LogP contribution is -2.23. The van der Waals surface area contributed by atoms with Crippen LogP contribution < -0.4 is 5.32 Å². The number of carbonyl (C=O) groups is 2. The van der Waals surface area contributed by atoms with Gasteiger partial charge in [0.1, 0.15) is 0 Å². The quantitative estimate of drug-likeness (QED) is 0.303. The number of hydrogen-bond acceptors (Lipinski definition) is 2. The number of amides is 1. The molecule has 13 heavy (non-hydrogen) atoms. The van der Waals surface area contributed by atoms with Crippen LogP contribution in [0.1, 0.15) is 0 Å². The average molecular weight is 175 g/mol. The van der Waals surface area contributed by atoms with Gasteiger partial charge < -0.3 is 10.8 Å². The normalized spacial score (nSPS) is 25.1. The number of carbonyl (C=O) groups excluding carboxylic acids is 2. The molecule has 2 rings (SSSR count). The zero-order chi connectivity index (χ0) is 9.42. The van der Waals surface area contributed by atoms with Gasteiger partial charge >= 0.3 is 5.71 Å². The summed E-state index contributed by atoms with van der Waals surface area (Å²) in [7, 11) is 0. The lowest BCUT2D eigenvalue weighted by molar-refractivity contribution is -0.136. The smallest absolute Gasteiger partial charge is 0.308 e. The first-order valence-electron chi connectivity index (χ1n) is 3.69. The molecule has 5 nitrogen and oxygen atoms in total. The predicted molar refractivity (Wildman–Crippen MR) is 42.5 cm³/mol. The first-order chi connectivity index (χ1) is 6.24. The molecule has 1 fully saturated rings. The second-order valence-electron chi connectivity index (χ2n) is 2.76. The fourth-order valence-corrected chi connectivity index (χ4v) is 1.41. The van der Waals surface area contributed by atoms with E-state index in [2.05, 4.69) is 10.1 Å². The van der Waals surface area contributed by atoms with Crippen LogP contribution in [-0.4, -0.2) is 22.2 Å². The molecule has 1 aliphatic heterocycles. The lowest BCUT2D eigenvalue weighted by Gasteiger charge is -2.03. The number of ketones is 1. The molecule has 0 radical (unpaired) electrons. The Kier molecular flexibility index (Phi) is 1.47. The van der Waals surface area contributed by atoms with Gasteiger partial charge in [0.25, 0.3) is 5.91 Å². The average Bonchev–Trinajstić information content (AvgIpc) is 2.43. The van der Waals surface area contributed by atoms with Crippen molar-refractivity contribution in [1.82, 2.24) is 5.32 Å². The molecule has 0 aromatic carbocycles. The van der Waals surface area contributed by atoms with Crippen LogP contribution in [0.5, 0.6) is 0 Å². The minimum absolute atomic E-state index is 0.195. The third kappa shape index (κ3) is 0.947. The van der Waals surface area contributed by atoms with E-state index in [-0.39, 0.29) is 5.71 Å². The van der Waals surface area contributed by atoms with Crippen LogP contribution in [0.3, 0.4) is 0 Å². The van der Waals surface area contributed by atoms with Crippen LogP contribution >= 0.6 is 0 Å². The van der Waals surface area contributed by atoms with Crippen molar-refractivity contribution in [3.05, 3.63) is 29.5 Å². The Morgan fingerprint density at radius 2 is 2.23 bits per heavy atom. The van der Waals surface area contributed by atoms with E-state index in [9.17, 15) is 9.59 Å². The van der Waals surface area contributed by atoms with Gasteiger partial charge in [0.2, 0.25) is 5.78 Å². The van der Waals surface area contributed by atoms with E-state index < -0.39 is 17.6 Å². The topological polar surface area (TPSA) is 82.6 Å². The summed E-state index contributed by atoms with van der Waals surface area (Å²) in [6.45, 7) is 0. The molecule has 0 aromatic heterocycles. The molecule has 0 aromatic rings. The highest BCUT2D eigenvalue weighted by atomic mass is 16.2. The number of fused-ring (bicyclic) bond motifs is 1. The third-order valence-electron chi connectivity index (χ3n) is 2.01. The molecule has 1 atom stereocenters. The molecule has 1 aliphatic carbocycles. The number of Topliss-reactive ketones (excluding diaryl/α,β-unsaturated/α-hetero) is 1. The van der Waals surface area contributed by atoms with Crippen molar-refractivity contribution in [2.24, 2.45) is 5.92 Å². The third-order valence-corrected chi connectivity index (χ3v) is 2.01. The molecule has 1 saturated heterocycles. The molecular weight excluding hydrogens is 170 g/mol. The number of nitrogens with one attached hydrogen (secondary N) is 1. The predicted octanol–water partition coefficient (Wildman–Crippen LogP) is -0.574. The Bertz CT molecular complexity index is 413.